The topological polar surface area (TPSA) is 84.8 Å². The van der Waals surface area contributed by atoms with E-state index in [1.54, 1.807) is 6.26 Å². The average molecular weight is 249 g/mol. The molecule has 1 atom stereocenters. The van der Waals surface area contributed by atoms with Crippen LogP contribution in [0.4, 0.5) is 5.88 Å². The van der Waals surface area contributed by atoms with Gasteiger partial charge >= 0.3 is 5.97 Å². The Balaban J connectivity index is 1.74. The van der Waals surface area contributed by atoms with Crippen molar-refractivity contribution in [2.24, 2.45) is 0 Å². The maximum atomic E-state index is 10.8. The Hall–Kier alpha value is -2.37. The second kappa shape index (κ2) is 4.14. The molecule has 0 spiro atoms. The minimum absolute atomic E-state index is 0.108. The van der Waals surface area contributed by atoms with Crippen molar-refractivity contribution in [2.45, 2.75) is 12.5 Å². The van der Waals surface area contributed by atoms with Crippen molar-refractivity contribution in [2.75, 3.05) is 11.9 Å². The molecule has 0 saturated carbocycles. The molecule has 2 N–H and O–H groups in total. The first-order valence-corrected chi connectivity index (χ1v) is 5.52. The first kappa shape index (κ1) is 10.8. The van der Waals surface area contributed by atoms with E-state index in [2.05, 4.69) is 5.32 Å². The lowest BCUT2D eigenvalue weighted by molar-refractivity contribution is 0.0663. The predicted molar refractivity (Wildman–Crippen MR) is 61.0 cm³/mol. The van der Waals surface area contributed by atoms with E-state index in [1.807, 2.05) is 12.1 Å². The van der Waals surface area contributed by atoms with Crippen molar-refractivity contribution < 1.29 is 23.5 Å². The van der Waals surface area contributed by atoms with Gasteiger partial charge in [-0.15, -0.1) is 0 Å². The minimum Gasteiger partial charge on any atom is -0.482 e. The summed E-state index contributed by atoms with van der Waals surface area (Å²) in [7, 11) is 0. The van der Waals surface area contributed by atoms with Crippen molar-refractivity contribution in [1.29, 1.82) is 0 Å². The smallest absolute Gasteiger partial charge is 0.372 e. The third-order valence-corrected chi connectivity index (χ3v) is 2.70. The van der Waals surface area contributed by atoms with Crippen LogP contribution >= 0.6 is 0 Å². The summed E-state index contributed by atoms with van der Waals surface area (Å²) >= 11 is 0. The van der Waals surface area contributed by atoms with Gasteiger partial charge in [0.15, 0.2) is 5.75 Å². The summed E-state index contributed by atoms with van der Waals surface area (Å²) in [4.78, 5) is 10.8. The summed E-state index contributed by atoms with van der Waals surface area (Å²) in [5, 5.41) is 11.8. The second-order valence-electron chi connectivity index (χ2n) is 4.01. The van der Waals surface area contributed by atoms with Crippen LogP contribution in [0.5, 0.6) is 5.75 Å². The number of carbonyl (C=O) groups is 1. The summed E-state index contributed by atoms with van der Waals surface area (Å²) in [6.07, 6.45) is 2.12. The number of hydrogen-bond donors (Lipinski definition) is 2. The second-order valence-corrected chi connectivity index (χ2v) is 4.01. The molecule has 0 radical (unpaired) electrons. The van der Waals surface area contributed by atoms with E-state index in [4.69, 9.17) is 18.7 Å². The molecule has 3 heterocycles. The number of fused-ring (bicyclic) bond motifs is 1. The first-order chi connectivity index (χ1) is 8.72. The van der Waals surface area contributed by atoms with Gasteiger partial charge in [0.2, 0.25) is 11.6 Å². The molecule has 1 aliphatic rings. The third kappa shape index (κ3) is 1.92. The van der Waals surface area contributed by atoms with Gasteiger partial charge in [-0.1, -0.05) is 0 Å². The Labute approximate surface area is 102 Å². The van der Waals surface area contributed by atoms with Crippen molar-refractivity contribution in [3.8, 4) is 5.75 Å². The Morgan fingerprint density at radius 1 is 1.56 bits per heavy atom. The van der Waals surface area contributed by atoms with Crippen LogP contribution in [0.2, 0.25) is 0 Å². The molecule has 2 aromatic heterocycles. The monoisotopic (exact) mass is 249 g/mol. The van der Waals surface area contributed by atoms with Gasteiger partial charge in [0.05, 0.1) is 12.8 Å². The standard InChI is InChI=1S/C12H11NO5/c14-12(15)10-5-9-11(18-10)13-6-8(17-9)4-7-2-1-3-16-7/h1-3,5,8,13H,4,6H2,(H,14,15). The van der Waals surface area contributed by atoms with Crippen LogP contribution in [0.3, 0.4) is 0 Å². The molecule has 1 aliphatic heterocycles. The maximum absolute atomic E-state index is 10.8. The number of carboxylic acid groups (broad SMARTS) is 1. The van der Waals surface area contributed by atoms with E-state index in [1.165, 1.54) is 6.07 Å². The molecule has 2 aromatic rings. The number of aromatic carboxylic acids is 1. The molecule has 0 aromatic carbocycles. The molecular formula is C12H11NO5. The summed E-state index contributed by atoms with van der Waals surface area (Å²) < 4.78 is 16.0. The summed E-state index contributed by atoms with van der Waals surface area (Å²) in [5.41, 5.74) is 0. The number of rotatable bonds is 3. The maximum Gasteiger partial charge on any atom is 0.372 e. The van der Waals surface area contributed by atoms with Crippen molar-refractivity contribution >= 4 is 11.9 Å². The number of hydrogen-bond acceptors (Lipinski definition) is 5. The van der Waals surface area contributed by atoms with Gasteiger partial charge < -0.3 is 24.0 Å². The first-order valence-electron chi connectivity index (χ1n) is 5.52. The van der Waals surface area contributed by atoms with Gasteiger partial charge in [0, 0.05) is 12.5 Å². The van der Waals surface area contributed by atoms with Crippen LogP contribution in [0.1, 0.15) is 16.3 Å². The Kier molecular flexibility index (Phi) is 2.47. The zero-order valence-corrected chi connectivity index (χ0v) is 9.38. The third-order valence-electron chi connectivity index (χ3n) is 2.70. The normalized spacial score (nSPS) is 17.7. The molecule has 0 fully saturated rings. The lowest BCUT2D eigenvalue weighted by atomic mass is 10.2. The van der Waals surface area contributed by atoms with Crippen LogP contribution in [-0.4, -0.2) is 23.7 Å². The number of furan rings is 2. The van der Waals surface area contributed by atoms with Gasteiger partial charge in [0.25, 0.3) is 0 Å². The molecule has 3 rings (SSSR count). The van der Waals surface area contributed by atoms with Gasteiger partial charge in [-0.25, -0.2) is 4.79 Å². The highest BCUT2D eigenvalue weighted by atomic mass is 16.5. The quantitative estimate of drug-likeness (QED) is 0.865. The predicted octanol–water partition coefficient (Wildman–Crippen LogP) is 1.99. The Morgan fingerprint density at radius 2 is 2.44 bits per heavy atom. The lowest BCUT2D eigenvalue weighted by Crippen LogP contribution is -2.31. The van der Waals surface area contributed by atoms with Crippen molar-refractivity contribution in [3.63, 3.8) is 0 Å². The summed E-state index contributed by atoms with van der Waals surface area (Å²) in [6.45, 7) is 0.542. The number of carboxylic acids is 1. The van der Waals surface area contributed by atoms with E-state index in [9.17, 15) is 4.79 Å². The molecular weight excluding hydrogens is 238 g/mol. The molecule has 6 nitrogen and oxygen atoms in total. The van der Waals surface area contributed by atoms with Crippen LogP contribution in [-0.2, 0) is 6.42 Å². The largest absolute Gasteiger partial charge is 0.482 e. The fourth-order valence-electron chi connectivity index (χ4n) is 1.89. The zero-order chi connectivity index (χ0) is 12.5. The fourth-order valence-corrected chi connectivity index (χ4v) is 1.89. The summed E-state index contributed by atoms with van der Waals surface area (Å²) in [5.74, 6) is 0.369. The minimum atomic E-state index is -1.11. The van der Waals surface area contributed by atoms with Gasteiger partial charge in [0.1, 0.15) is 11.9 Å². The Morgan fingerprint density at radius 3 is 3.17 bits per heavy atom. The average Bonchev–Trinajstić information content (AvgIpc) is 2.96. The van der Waals surface area contributed by atoms with Crippen LogP contribution in [0.15, 0.2) is 33.3 Å². The highest BCUT2D eigenvalue weighted by molar-refractivity contribution is 5.86. The van der Waals surface area contributed by atoms with E-state index < -0.39 is 5.97 Å². The molecule has 0 aliphatic carbocycles. The molecule has 6 heteroatoms. The van der Waals surface area contributed by atoms with Crippen LogP contribution in [0, 0.1) is 0 Å². The molecule has 0 bridgehead atoms. The number of nitrogens with one attached hydrogen (secondary N) is 1. The SMILES string of the molecule is O=C(O)c1cc2c(o1)NCC(Cc1ccco1)O2. The molecule has 94 valence electrons. The zero-order valence-electron chi connectivity index (χ0n) is 9.38. The number of ether oxygens (including phenoxy) is 1. The van der Waals surface area contributed by atoms with Crippen molar-refractivity contribution in [3.05, 3.63) is 36.0 Å². The van der Waals surface area contributed by atoms with E-state index in [0.717, 1.165) is 5.76 Å². The molecule has 1 unspecified atom stereocenters. The van der Waals surface area contributed by atoms with Crippen LogP contribution in [0.25, 0.3) is 0 Å². The van der Waals surface area contributed by atoms with Crippen LogP contribution < -0.4 is 10.1 Å². The van der Waals surface area contributed by atoms with E-state index >= 15 is 0 Å². The highest BCUT2D eigenvalue weighted by Crippen LogP contribution is 2.33. The van der Waals surface area contributed by atoms with Crippen molar-refractivity contribution in [1.82, 2.24) is 0 Å². The highest BCUT2D eigenvalue weighted by Gasteiger charge is 2.26. The van der Waals surface area contributed by atoms with E-state index in [0.29, 0.717) is 24.6 Å². The Bertz CT molecular complexity index is 557. The van der Waals surface area contributed by atoms with E-state index in [-0.39, 0.29) is 11.9 Å². The fraction of sp³-hybridized carbons (Fsp3) is 0.250. The van der Waals surface area contributed by atoms with Gasteiger partial charge in [-0.05, 0) is 12.1 Å². The lowest BCUT2D eigenvalue weighted by Gasteiger charge is -2.23. The molecule has 18 heavy (non-hydrogen) atoms. The summed E-state index contributed by atoms with van der Waals surface area (Å²) in [6, 6.07) is 5.06. The van der Waals surface area contributed by atoms with Gasteiger partial charge in [-0.2, -0.15) is 0 Å². The number of anilines is 1. The van der Waals surface area contributed by atoms with Gasteiger partial charge in [-0.3, -0.25) is 0 Å². The molecule has 0 amide bonds. The molecule has 0 saturated heterocycles.